The van der Waals surface area contributed by atoms with Crippen LogP contribution < -0.4 is 10.0 Å². The highest BCUT2D eigenvalue weighted by Gasteiger charge is 2.17. The highest BCUT2D eigenvalue weighted by molar-refractivity contribution is 7.89. The van der Waals surface area contributed by atoms with E-state index in [9.17, 15) is 8.42 Å². The molecule has 0 aromatic carbocycles. The monoisotopic (exact) mass is 328 g/mol. The molecule has 0 spiro atoms. The van der Waals surface area contributed by atoms with Crippen LogP contribution in [0.1, 0.15) is 24.4 Å². The lowest BCUT2D eigenvalue weighted by molar-refractivity contribution is 0.571. The lowest BCUT2D eigenvalue weighted by Gasteiger charge is -2.08. The number of aryl methyl sites for hydroxylation is 1. The Labute approximate surface area is 129 Å². The summed E-state index contributed by atoms with van der Waals surface area (Å²) in [6.45, 7) is 5.01. The number of thiazole rings is 1. The molecular formula is C13H20N4O2S2. The minimum Gasteiger partial charge on any atom is -0.352 e. The summed E-state index contributed by atoms with van der Waals surface area (Å²) >= 11 is 1.43. The van der Waals surface area contributed by atoms with E-state index >= 15 is 0 Å². The zero-order valence-electron chi connectivity index (χ0n) is 12.3. The Bertz CT molecular complexity index is 675. The minimum atomic E-state index is -3.50. The smallest absolute Gasteiger partial charge is 0.242 e. The van der Waals surface area contributed by atoms with Crippen molar-refractivity contribution in [2.75, 3.05) is 0 Å². The fraction of sp³-hybridized carbons (Fsp3) is 0.462. The van der Waals surface area contributed by atoms with Gasteiger partial charge in [0.05, 0.1) is 10.4 Å². The van der Waals surface area contributed by atoms with Crippen LogP contribution in [0, 0.1) is 0 Å². The third-order valence-electron chi connectivity index (χ3n) is 3.00. The molecule has 6 nitrogen and oxygen atoms in total. The van der Waals surface area contributed by atoms with Gasteiger partial charge in [0.1, 0.15) is 0 Å². The van der Waals surface area contributed by atoms with Gasteiger partial charge >= 0.3 is 0 Å². The molecule has 116 valence electrons. The van der Waals surface area contributed by atoms with Crippen LogP contribution in [0.5, 0.6) is 0 Å². The summed E-state index contributed by atoms with van der Waals surface area (Å²) in [6, 6.07) is 2.05. The summed E-state index contributed by atoms with van der Waals surface area (Å²) in [7, 11) is -1.65. The summed E-state index contributed by atoms with van der Waals surface area (Å²) in [5.41, 5.74) is 2.61. The number of sulfonamides is 1. The van der Waals surface area contributed by atoms with Crippen molar-refractivity contribution in [3.05, 3.63) is 34.5 Å². The average molecular weight is 328 g/mol. The summed E-state index contributed by atoms with van der Waals surface area (Å²) in [5.74, 6) is 0. The molecule has 2 rings (SSSR count). The lowest BCUT2D eigenvalue weighted by Crippen LogP contribution is -2.23. The van der Waals surface area contributed by atoms with Gasteiger partial charge in [-0.1, -0.05) is 13.8 Å². The molecule has 0 aliphatic carbocycles. The van der Waals surface area contributed by atoms with Crippen molar-refractivity contribution in [2.45, 2.75) is 37.9 Å². The third-order valence-corrected chi connectivity index (χ3v) is 5.15. The topological polar surface area (TPSA) is 76.0 Å². The standard InChI is InChI=1S/C13H20N4O2S2/c1-10(2)15-5-11-4-13(8-17(11)3)21(18,19)16-7-12-6-14-9-20-12/h4,6,8-10,15-16H,5,7H2,1-3H3. The summed E-state index contributed by atoms with van der Waals surface area (Å²) in [4.78, 5) is 5.10. The number of rotatable bonds is 7. The molecule has 0 bridgehead atoms. The number of aromatic nitrogens is 2. The van der Waals surface area contributed by atoms with Crippen LogP contribution in [0.3, 0.4) is 0 Å². The normalized spacial score (nSPS) is 12.2. The second-order valence-electron chi connectivity index (χ2n) is 5.11. The Hall–Kier alpha value is -1.22. The van der Waals surface area contributed by atoms with Crippen molar-refractivity contribution < 1.29 is 8.42 Å². The van der Waals surface area contributed by atoms with Crippen LogP contribution in [-0.4, -0.2) is 24.0 Å². The van der Waals surface area contributed by atoms with Crippen LogP contribution >= 0.6 is 11.3 Å². The van der Waals surface area contributed by atoms with E-state index in [1.165, 1.54) is 11.3 Å². The van der Waals surface area contributed by atoms with Gasteiger partial charge in [0.2, 0.25) is 10.0 Å². The van der Waals surface area contributed by atoms with E-state index in [2.05, 4.69) is 28.9 Å². The van der Waals surface area contributed by atoms with E-state index in [1.54, 1.807) is 24.0 Å². The Morgan fingerprint density at radius 3 is 2.76 bits per heavy atom. The van der Waals surface area contributed by atoms with Crippen molar-refractivity contribution in [1.29, 1.82) is 0 Å². The fourth-order valence-corrected chi connectivity index (χ4v) is 3.51. The molecule has 2 heterocycles. The van der Waals surface area contributed by atoms with E-state index in [0.717, 1.165) is 10.6 Å². The van der Waals surface area contributed by atoms with Gasteiger partial charge in [-0.15, -0.1) is 11.3 Å². The first-order chi connectivity index (χ1) is 9.88. The minimum absolute atomic E-state index is 0.265. The Kier molecular flexibility index (Phi) is 5.15. The number of hydrogen-bond acceptors (Lipinski definition) is 5. The molecule has 0 radical (unpaired) electrons. The van der Waals surface area contributed by atoms with Gasteiger partial charge in [-0.05, 0) is 6.07 Å². The highest BCUT2D eigenvalue weighted by atomic mass is 32.2. The molecule has 0 saturated heterocycles. The maximum absolute atomic E-state index is 12.3. The number of hydrogen-bond donors (Lipinski definition) is 2. The molecule has 0 fully saturated rings. The molecule has 2 aromatic rings. The SMILES string of the molecule is CC(C)NCc1cc(S(=O)(=O)NCc2cncs2)cn1C. The Morgan fingerprint density at radius 1 is 1.38 bits per heavy atom. The van der Waals surface area contributed by atoms with Crippen LogP contribution in [0.4, 0.5) is 0 Å². The molecular weight excluding hydrogens is 308 g/mol. The van der Waals surface area contributed by atoms with Gasteiger partial charge in [0.25, 0.3) is 0 Å². The van der Waals surface area contributed by atoms with Gasteiger partial charge in [0, 0.05) is 49.1 Å². The predicted octanol–water partition coefficient (Wildman–Crippen LogP) is 1.46. The number of nitrogens with zero attached hydrogens (tertiary/aromatic N) is 2. The second kappa shape index (κ2) is 6.69. The summed E-state index contributed by atoms with van der Waals surface area (Å²) < 4.78 is 29.0. The molecule has 0 aliphatic heterocycles. The van der Waals surface area contributed by atoms with Crippen LogP contribution in [0.2, 0.25) is 0 Å². The van der Waals surface area contributed by atoms with Crippen LogP contribution in [0.15, 0.2) is 28.9 Å². The molecule has 2 N–H and O–H groups in total. The maximum Gasteiger partial charge on any atom is 0.242 e. The maximum atomic E-state index is 12.3. The van der Waals surface area contributed by atoms with Crippen molar-refractivity contribution in [2.24, 2.45) is 7.05 Å². The van der Waals surface area contributed by atoms with E-state index in [1.807, 2.05) is 11.6 Å². The molecule has 0 unspecified atom stereocenters. The largest absolute Gasteiger partial charge is 0.352 e. The zero-order valence-corrected chi connectivity index (χ0v) is 14.0. The second-order valence-corrected chi connectivity index (χ2v) is 7.84. The Morgan fingerprint density at radius 2 is 2.14 bits per heavy atom. The van der Waals surface area contributed by atoms with E-state index in [0.29, 0.717) is 12.6 Å². The zero-order chi connectivity index (χ0) is 15.5. The third kappa shape index (κ3) is 4.37. The van der Waals surface area contributed by atoms with E-state index < -0.39 is 10.0 Å². The molecule has 0 saturated carbocycles. The number of nitrogens with one attached hydrogen (secondary N) is 2. The van der Waals surface area contributed by atoms with Gasteiger partial charge in [-0.3, -0.25) is 4.98 Å². The van der Waals surface area contributed by atoms with E-state index in [-0.39, 0.29) is 11.4 Å². The molecule has 8 heteroatoms. The van der Waals surface area contributed by atoms with Gasteiger partial charge in [0.15, 0.2) is 0 Å². The molecule has 2 aromatic heterocycles. The Balaban J connectivity index is 2.07. The van der Waals surface area contributed by atoms with Gasteiger partial charge < -0.3 is 9.88 Å². The first kappa shape index (κ1) is 16.2. The molecule has 21 heavy (non-hydrogen) atoms. The van der Waals surface area contributed by atoms with E-state index in [4.69, 9.17) is 0 Å². The summed E-state index contributed by atoms with van der Waals surface area (Å²) in [6.07, 6.45) is 3.29. The van der Waals surface area contributed by atoms with Crippen molar-refractivity contribution in [1.82, 2.24) is 19.6 Å². The fourth-order valence-electron chi connectivity index (χ4n) is 1.79. The first-order valence-electron chi connectivity index (χ1n) is 6.64. The highest BCUT2D eigenvalue weighted by Crippen LogP contribution is 2.14. The molecule has 0 atom stereocenters. The van der Waals surface area contributed by atoms with Gasteiger partial charge in [-0.25, -0.2) is 13.1 Å². The quantitative estimate of drug-likeness (QED) is 0.807. The first-order valence-corrected chi connectivity index (χ1v) is 9.00. The van der Waals surface area contributed by atoms with Gasteiger partial charge in [-0.2, -0.15) is 0 Å². The lowest BCUT2D eigenvalue weighted by atomic mass is 10.3. The molecule has 0 aliphatic rings. The average Bonchev–Trinajstić information content (AvgIpc) is 3.04. The van der Waals surface area contributed by atoms with Crippen molar-refractivity contribution >= 4 is 21.4 Å². The van der Waals surface area contributed by atoms with Crippen LogP contribution in [0.25, 0.3) is 0 Å². The summed E-state index contributed by atoms with van der Waals surface area (Å²) in [5, 5.41) is 3.28. The van der Waals surface area contributed by atoms with Crippen molar-refractivity contribution in [3.8, 4) is 0 Å². The predicted molar refractivity (Wildman–Crippen MR) is 83.5 cm³/mol. The van der Waals surface area contributed by atoms with Crippen LogP contribution in [-0.2, 0) is 30.2 Å². The molecule has 0 amide bonds. The van der Waals surface area contributed by atoms with Crippen molar-refractivity contribution in [3.63, 3.8) is 0 Å².